The fraction of sp³-hybridized carbons (Fsp3) is 0.0714. The van der Waals surface area contributed by atoms with Crippen molar-refractivity contribution in [2.45, 2.75) is 10.6 Å². The first-order chi connectivity index (χ1) is 8.68. The van der Waals surface area contributed by atoms with Crippen molar-refractivity contribution in [1.82, 2.24) is 0 Å². The normalized spacial score (nSPS) is 10.3. The van der Waals surface area contributed by atoms with E-state index in [2.05, 4.69) is 0 Å². The van der Waals surface area contributed by atoms with Crippen molar-refractivity contribution in [2.75, 3.05) is 0 Å². The van der Waals surface area contributed by atoms with Gasteiger partial charge in [-0.15, -0.1) is 11.8 Å². The second-order valence-electron chi connectivity index (χ2n) is 3.79. The number of nitrogens with one attached hydrogen (secondary N) is 1. The summed E-state index contributed by atoms with van der Waals surface area (Å²) in [6, 6.07) is 14.1. The highest BCUT2D eigenvalue weighted by Crippen LogP contribution is 2.26. The van der Waals surface area contributed by atoms with Crippen LogP contribution in [0.25, 0.3) is 0 Å². The van der Waals surface area contributed by atoms with Gasteiger partial charge < -0.3 is 5.73 Å². The second-order valence-corrected chi connectivity index (χ2v) is 4.81. The number of amidine groups is 1. The van der Waals surface area contributed by atoms with Gasteiger partial charge in [0.1, 0.15) is 11.7 Å². The lowest BCUT2D eigenvalue weighted by molar-refractivity contribution is 0.602. The zero-order valence-electron chi connectivity index (χ0n) is 9.69. The van der Waals surface area contributed by atoms with Crippen LogP contribution in [0.3, 0.4) is 0 Å². The van der Waals surface area contributed by atoms with E-state index in [4.69, 9.17) is 11.1 Å². The van der Waals surface area contributed by atoms with Gasteiger partial charge in [-0.1, -0.05) is 36.4 Å². The summed E-state index contributed by atoms with van der Waals surface area (Å²) in [7, 11) is 0. The number of halogens is 1. The summed E-state index contributed by atoms with van der Waals surface area (Å²) in [5.41, 5.74) is 7.17. The number of benzene rings is 2. The van der Waals surface area contributed by atoms with E-state index in [0.29, 0.717) is 16.2 Å². The molecule has 0 aliphatic rings. The topological polar surface area (TPSA) is 49.9 Å². The average Bonchev–Trinajstić information content (AvgIpc) is 2.38. The molecule has 18 heavy (non-hydrogen) atoms. The van der Waals surface area contributed by atoms with Crippen LogP contribution in [0.15, 0.2) is 53.4 Å². The van der Waals surface area contributed by atoms with Gasteiger partial charge in [-0.25, -0.2) is 4.39 Å². The SMILES string of the molecule is N=C(N)c1ccccc1CSc1ccccc1F. The third-order valence-corrected chi connectivity index (χ3v) is 3.62. The fourth-order valence-electron chi connectivity index (χ4n) is 1.63. The first-order valence-electron chi connectivity index (χ1n) is 5.48. The van der Waals surface area contributed by atoms with E-state index >= 15 is 0 Å². The second kappa shape index (κ2) is 5.69. The first-order valence-corrected chi connectivity index (χ1v) is 6.46. The molecule has 0 bridgehead atoms. The minimum Gasteiger partial charge on any atom is -0.384 e. The van der Waals surface area contributed by atoms with E-state index < -0.39 is 0 Å². The molecule has 0 saturated heterocycles. The van der Waals surface area contributed by atoms with Gasteiger partial charge in [0.25, 0.3) is 0 Å². The monoisotopic (exact) mass is 260 g/mol. The van der Waals surface area contributed by atoms with Crippen molar-refractivity contribution >= 4 is 17.6 Å². The van der Waals surface area contributed by atoms with Crippen molar-refractivity contribution in [3.05, 3.63) is 65.5 Å². The molecule has 2 nitrogen and oxygen atoms in total. The molecule has 0 aliphatic carbocycles. The van der Waals surface area contributed by atoms with Crippen molar-refractivity contribution < 1.29 is 4.39 Å². The standard InChI is InChI=1S/C14H13FN2S/c15-12-7-3-4-8-13(12)18-9-10-5-1-2-6-11(10)14(16)17/h1-8H,9H2,(H3,16,17). The van der Waals surface area contributed by atoms with Gasteiger partial charge in [-0.3, -0.25) is 5.41 Å². The fourth-order valence-corrected chi connectivity index (χ4v) is 2.57. The molecule has 2 aromatic carbocycles. The Morgan fingerprint density at radius 2 is 1.78 bits per heavy atom. The van der Waals surface area contributed by atoms with Crippen LogP contribution in [0.2, 0.25) is 0 Å². The molecule has 0 fully saturated rings. The van der Waals surface area contributed by atoms with Crippen molar-refractivity contribution in [1.29, 1.82) is 5.41 Å². The molecule has 0 aliphatic heterocycles. The predicted molar refractivity (Wildman–Crippen MR) is 73.4 cm³/mol. The molecule has 3 N–H and O–H groups in total. The van der Waals surface area contributed by atoms with Gasteiger partial charge in [-0.05, 0) is 17.7 Å². The highest BCUT2D eigenvalue weighted by molar-refractivity contribution is 7.98. The number of thioether (sulfide) groups is 1. The van der Waals surface area contributed by atoms with Gasteiger partial charge in [-0.2, -0.15) is 0 Å². The maximum atomic E-state index is 13.5. The molecule has 0 saturated carbocycles. The molecule has 0 radical (unpaired) electrons. The Bertz CT molecular complexity index is 569. The highest BCUT2D eigenvalue weighted by Gasteiger charge is 2.06. The quantitative estimate of drug-likeness (QED) is 0.503. The molecular formula is C14H13FN2S. The summed E-state index contributed by atoms with van der Waals surface area (Å²) < 4.78 is 13.5. The van der Waals surface area contributed by atoms with E-state index in [1.54, 1.807) is 18.2 Å². The molecule has 0 unspecified atom stereocenters. The number of nitrogens with two attached hydrogens (primary N) is 1. The van der Waals surface area contributed by atoms with Crippen LogP contribution >= 0.6 is 11.8 Å². The molecule has 0 spiro atoms. The zero-order valence-corrected chi connectivity index (χ0v) is 10.5. The van der Waals surface area contributed by atoms with Gasteiger partial charge in [0.15, 0.2) is 0 Å². The van der Waals surface area contributed by atoms with Gasteiger partial charge in [0, 0.05) is 16.2 Å². The highest BCUT2D eigenvalue weighted by atomic mass is 32.2. The molecule has 2 aromatic rings. The third-order valence-electron chi connectivity index (χ3n) is 2.53. The van der Waals surface area contributed by atoms with E-state index in [0.717, 1.165) is 5.56 Å². The Kier molecular flexibility index (Phi) is 3.99. The smallest absolute Gasteiger partial charge is 0.136 e. The maximum absolute atomic E-state index is 13.5. The zero-order chi connectivity index (χ0) is 13.0. The van der Waals surface area contributed by atoms with Crippen LogP contribution < -0.4 is 5.73 Å². The van der Waals surface area contributed by atoms with Crippen LogP contribution in [-0.4, -0.2) is 5.84 Å². The van der Waals surface area contributed by atoms with Crippen LogP contribution in [0.5, 0.6) is 0 Å². The maximum Gasteiger partial charge on any atom is 0.136 e. The summed E-state index contributed by atoms with van der Waals surface area (Å²) in [5.74, 6) is 0.416. The summed E-state index contributed by atoms with van der Waals surface area (Å²) in [6.45, 7) is 0. The van der Waals surface area contributed by atoms with Crippen molar-refractivity contribution in [2.24, 2.45) is 5.73 Å². The number of hydrogen-bond donors (Lipinski definition) is 2. The van der Waals surface area contributed by atoms with Gasteiger partial charge in [0.05, 0.1) is 0 Å². The summed E-state index contributed by atoms with van der Waals surface area (Å²) in [6.07, 6.45) is 0. The first kappa shape index (κ1) is 12.6. The Morgan fingerprint density at radius 1 is 1.11 bits per heavy atom. The predicted octanol–water partition coefficient (Wildman–Crippen LogP) is 3.40. The molecule has 2 rings (SSSR count). The molecule has 0 amide bonds. The van der Waals surface area contributed by atoms with Crippen molar-refractivity contribution in [3.63, 3.8) is 0 Å². The molecule has 92 valence electrons. The summed E-state index contributed by atoms with van der Waals surface area (Å²) in [5, 5.41) is 7.50. The lowest BCUT2D eigenvalue weighted by Crippen LogP contribution is -2.13. The minimum atomic E-state index is -0.220. The Balaban J connectivity index is 2.16. The van der Waals surface area contributed by atoms with Crippen LogP contribution in [-0.2, 0) is 5.75 Å². The summed E-state index contributed by atoms with van der Waals surface area (Å²) >= 11 is 1.40. The largest absolute Gasteiger partial charge is 0.384 e. The van der Waals surface area contributed by atoms with Gasteiger partial charge in [0.2, 0.25) is 0 Å². The van der Waals surface area contributed by atoms with E-state index in [1.807, 2.05) is 24.3 Å². The number of nitrogen functional groups attached to an aromatic ring is 1. The summed E-state index contributed by atoms with van der Waals surface area (Å²) in [4.78, 5) is 0.607. The molecule has 4 heteroatoms. The number of hydrogen-bond acceptors (Lipinski definition) is 2. The Morgan fingerprint density at radius 3 is 2.50 bits per heavy atom. The van der Waals surface area contributed by atoms with Crippen LogP contribution in [0, 0.1) is 11.2 Å². The molecule has 0 heterocycles. The van der Waals surface area contributed by atoms with E-state index in [9.17, 15) is 4.39 Å². The minimum absolute atomic E-state index is 0.0414. The van der Waals surface area contributed by atoms with E-state index in [1.165, 1.54) is 17.8 Å². The lowest BCUT2D eigenvalue weighted by Gasteiger charge is -2.08. The Hall–Kier alpha value is -1.81. The van der Waals surface area contributed by atoms with Crippen molar-refractivity contribution in [3.8, 4) is 0 Å². The Labute approximate surface area is 110 Å². The van der Waals surface area contributed by atoms with Gasteiger partial charge >= 0.3 is 0 Å². The van der Waals surface area contributed by atoms with E-state index in [-0.39, 0.29) is 11.7 Å². The molecule has 0 aromatic heterocycles. The molecule has 0 atom stereocenters. The molecular weight excluding hydrogens is 247 g/mol. The lowest BCUT2D eigenvalue weighted by atomic mass is 10.1. The van der Waals surface area contributed by atoms with Crippen LogP contribution in [0.1, 0.15) is 11.1 Å². The third kappa shape index (κ3) is 2.90. The average molecular weight is 260 g/mol. The number of rotatable bonds is 4. The van der Waals surface area contributed by atoms with Crippen LogP contribution in [0.4, 0.5) is 4.39 Å².